The lowest BCUT2D eigenvalue weighted by atomic mass is 10.2. The summed E-state index contributed by atoms with van der Waals surface area (Å²) in [5.41, 5.74) is 3.40. The molecule has 1 aliphatic carbocycles. The van der Waals surface area contributed by atoms with E-state index in [0.29, 0.717) is 0 Å². The average molecular weight is 178 g/mol. The van der Waals surface area contributed by atoms with Gasteiger partial charge in [-0.1, -0.05) is 0 Å². The molecule has 3 heteroatoms. The molecule has 0 saturated carbocycles. The molecule has 3 nitrogen and oxygen atoms in total. The Morgan fingerprint density at radius 1 is 1.38 bits per heavy atom. The van der Waals surface area contributed by atoms with Crippen molar-refractivity contribution in [2.24, 2.45) is 0 Å². The zero-order valence-corrected chi connectivity index (χ0v) is 8.08. The van der Waals surface area contributed by atoms with Gasteiger partial charge in [-0.15, -0.1) is 0 Å². The number of nitrogens with zero attached hydrogens (tertiary/aromatic N) is 2. The van der Waals surface area contributed by atoms with Crippen LogP contribution in [0.1, 0.15) is 17.7 Å². The number of pyridine rings is 1. The summed E-state index contributed by atoms with van der Waals surface area (Å²) >= 11 is 0. The Labute approximate surface area is 78.2 Å². The van der Waals surface area contributed by atoms with Crippen LogP contribution in [0.15, 0.2) is 12.3 Å². The number of fused-ring (bicyclic) bond motifs is 1. The highest BCUT2D eigenvalue weighted by Crippen LogP contribution is 2.27. The van der Waals surface area contributed by atoms with Gasteiger partial charge in [-0.3, -0.25) is 0 Å². The molecule has 1 aromatic heterocycles. The van der Waals surface area contributed by atoms with Crippen molar-refractivity contribution < 1.29 is 4.73 Å². The largest absolute Gasteiger partial charge is 0.618 e. The van der Waals surface area contributed by atoms with E-state index in [4.69, 9.17) is 0 Å². The number of rotatable bonds is 1. The van der Waals surface area contributed by atoms with E-state index < -0.39 is 0 Å². The lowest BCUT2D eigenvalue weighted by Gasteiger charge is -2.15. The molecule has 1 heterocycles. The number of hydrogen-bond donors (Lipinski definition) is 0. The molecule has 0 radical (unpaired) electrons. The van der Waals surface area contributed by atoms with E-state index in [-0.39, 0.29) is 0 Å². The van der Waals surface area contributed by atoms with Crippen molar-refractivity contribution in [3.63, 3.8) is 0 Å². The molecule has 70 valence electrons. The molecule has 2 rings (SSSR count). The lowest BCUT2D eigenvalue weighted by Crippen LogP contribution is -2.32. The van der Waals surface area contributed by atoms with E-state index in [2.05, 4.69) is 4.90 Å². The molecule has 0 unspecified atom stereocenters. The maximum Gasteiger partial charge on any atom is 0.198 e. The van der Waals surface area contributed by atoms with Crippen molar-refractivity contribution in [1.29, 1.82) is 0 Å². The molecule has 0 aromatic carbocycles. The highest BCUT2D eigenvalue weighted by atomic mass is 16.5. The van der Waals surface area contributed by atoms with Gasteiger partial charge in [0.15, 0.2) is 11.9 Å². The van der Waals surface area contributed by atoms with Crippen LogP contribution in [0.25, 0.3) is 0 Å². The fourth-order valence-electron chi connectivity index (χ4n) is 1.99. The van der Waals surface area contributed by atoms with E-state index in [1.54, 1.807) is 6.20 Å². The van der Waals surface area contributed by atoms with Gasteiger partial charge in [-0.05, 0) is 12.8 Å². The van der Waals surface area contributed by atoms with Gasteiger partial charge in [0.1, 0.15) is 0 Å². The smallest absolute Gasteiger partial charge is 0.198 e. The maximum atomic E-state index is 11.4. The molecule has 0 bridgehead atoms. The Morgan fingerprint density at radius 2 is 2.15 bits per heavy atom. The van der Waals surface area contributed by atoms with Crippen molar-refractivity contribution in [2.45, 2.75) is 19.3 Å². The van der Waals surface area contributed by atoms with Crippen LogP contribution in [0.3, 0.4) is 0 Å². The fourth-order valence-corrected chi connectivity index (χ4v) is 1.99. The van der Waals surface area contributed by atoms with E-state index in [0.717, 1.165) is 29.7 Å². The Balaban J connectivity index is 2.56. The summed E-state index contributed by atoms with van der Waals surface area (Å²) in [5.74, 6) is 0. The zero-order valence-electron chi connectivity index (χ0n) is 8.08. The molecule has 0 amide bonds. The Bertz CT molecular complexity index is 334. The predicted octanol–water partition coefficient (Wildman–Crippen LogP) is 0.875. The van der Waals surface area contributed by atoms with E-state index >= 15 is 0 Å². The Kier molecular flexibility index (Phi) is 1.87. The van der Waals surface area contributed by atoms with Crippen molar-refractivity contribution >= 4 is 5.69 Å². The van der Waals surface area contributed by atoms with Crippen LogP contribution in [0.5, 0.6) is 0 Å². The molecule has 13 heavy (non-hydrogen) atoms. The van der Waals surface area contributed by atoms with Crippen molar-refractivity contribution in [2.75, 3.05) is 19.0 Å². The van der Waals surface area contributed by atoms with E-state index in [1.165, 1.54) is 11.3 Å². The Hall–Kier alpha value is -1.25. The zero-order chi connectivity index (χ0) is 9.42. The van der Waals surface area contributed by atoms with Gasteiger partial charge in [0.05, 0.1) is 5.69 Å². The van der Waals surface area contributed by atoms with Crippen LogP contribution in [-0.2, 0) is 12.8 Å². The monoisotopic (exact) mass is 178 g/mol. The Morgan fingerprint density at radius 3 is 2.85 bits per heavy atom. The standard InChI is InChI=1S/C10H14N2O/c1-11(2)9-6-7-12(13)10-5-3-4-8(9)10/h6-7H,3-5H2,1-2H3. The van der Waals surface area contributed by atoms with Gasteiger partial charge in [0.2, 0.25) is 0 Å². The molecule has 0 saturated heterocycles. The van der Waals surface area contributed by atoms with Gasteiger partial charge >= 0.3 is 0 Å². The molecule has 0 aliphatic heterocycles. The minimum atomic E-state index is 0.931. The van der Waals surface area contributed by atoms with E-state index in [1.807, 2.05) is 20.2 Å². The summed E-state index contributed by atoms with van der Waals surface area (Å²) in [6.07, 6.45) is 4.70. The highest BCUT2D eigenvalue weighted by molar-refractivity contribution is 5.53. The molecule has 0 N–H and O–H groups in total. The van der Waals surface area contributed by atoms with Gasteiger partial charge in [0.25, 0.3) is 0 Å². The lowest BCUT2D eigenvalue weighted by molar-refractivity contribution is -0.613. The van der Waals surface area contributed by atoms with Crippen molar-refractivity contribution in [3.05, 3.63) is 28.7 Å². The first-order chi connectivity index (χ1) is 6.20. The second-order valence-corrected chi connectivity index (χ2v) is 3.70. The van der Waals surface area contributed by atoms with Crippen LogP contribution >= 0.6 is 0 Å². The highest BCUT2D eigenvalue weighted by Gasteiger charge is 2.23. The third kappa shape index (κ3) is 1.24. The SMILES string of the molecule is CN(C)c1cc[n+]([O-])c2c1CCC2. The summed E-state index contributed by atoms with van der Waals surface area (Å²) in [4.78, 5) is 2.07. The van der Waals surface area contributed by atoms with E-state index in [9.17, 15) is 5.21 Å². The normalized spacial score (nSPS) is 14.3. The second-order valence-electron chi connectivity index (χ2n) is 3.70. The quantitative estimate of drug-likeness (QED) is 0.472. The average Bonchev–Trinajstić information content (AvgIpc) is 2.53. The second kappa shape index (κ2) is 2.91. The van der Waals surface area contributed by atoms with Crippen LogP contribution in [0.4, 0.5) is 5.69 Å². The van der Waals surface area contributed by atoms with Crippen LogP contribution in [0, 0.1) is 5.21 Å². The first kappa shape index (κ1) is 8.35. The van der Waals surface area contributed by atoms with Crippen molar-refractivity contribution in [1.82, 2.24) is 0 Å². The molecular weight excluding hydrogens is 164 g/mol. The minimum absolute atomic E-state index is 0.931. The third-order valence-electron chi connectivity index (χ3n) is 2.61. The summed E-state index contributed by atoms with van der Waals surface area (Å²) < 4.78 is 1.01. The fraction of sp³-hybridized carbons (Fsp3) is 0.500. The predicted molar refractivity (Wildman–Crippen MR) is 51.8 cm³/mol. The topological polar surface area (TPSA) is 30.2 Å². The molecular formula is C10H14N2O. The van der Waals surface area contributed by atoms with Crippen LogP contribution < -0.4 is 9.63 Å². The summed E-state index contributed by atoms with van der Waals surface area (Å²) in [6.45, 7) is 0. The summed E-state index contributed by atoms with van der Waals surface area (Å²) in [7, 11) is 4.03. The number of anilines is 1. The van der Waals surface area contributed by atoms with Gasteiger partial charge < -0.3 is 10.1 Å². The first-order valence-electron chi connectivity index (χ1n) is 4.61. The van der Waals surface area contributed by atoms with Crippen molar-refractivity contribution in [3.8, 4) is 0 Å². The summed E-state index contributed by atoms with van der Waals surface area (Å²) in [5, 5.41) is 11.4. The third-order valence-corrected chi connectivity index (χ3v) is 2.61. The molecule has 0 atom stereocenters. The molecule has 1 aliphatic rings. The summed E-state index contributed by atoms with van der Waals surface area (Å²) in [6, 6.07) is 1.90. The van der Waals surface area contributed by atoms with Crippen LogP contribution in [-0.4, -0.2) is 14.1 Å². The number of hydrogen-bond acceptors (Lipinski definition) is 2. The van der Waals surface area contributed by atoms with Gasteiger partial charge in [0, 0.05) is 32.1 Å². The van der Waals surface area contributed by atoms with Gasteiger partial charge in [-0.2, -0.15) is 4.73 Å². The number of aromatic nitrogens is 1. The van der Waals surface area contributed by atoms with Gasteiger partial charge in [-0.25, -0.2) is 0 Å². The first-order valence-corrected chi connectivity index (χ1v) is 4.61. The minimum Gasteiger partial charge on any atom is -0.618 e. The van der Waals surface area contributed by atoms with Crippen LogP contribution in [0.2, 0.25) is 0 Å². The molecule has 0 spiro atoms. The molecule has 1 aromatic rings. The maximum absolute atomic E-state index is 11.4. The molecule has 0 fully saturated rings.